The molecule has 0 fully saturated rings. The Balaban J connectivity index is 2.44. The number of aromatic nitrogens is 4. The van der Waals surface area contributed by atoms with Crippen molar-refractivity contribution < 1.29 is 0 Å². The van der Waals surface area contributed by atoms with Crippen molar-refractivity contribution in [2.75, 3.05) is 0 Å². The van der Waals surface area contributed by atoms with Crippen LogP contribution in [0.5, 0.6) is 0 Å². The van der Waals surface area contributed by atoms with Gasteiger partial charge in [-0.25, -0.2) is 9.67 Å². The lowest BCUT2D eigenvalue weighted by atomic mass is 10.3. The van der Waals surface area contributed by atoms with Gasteiger partial charge in [-0.05, 0) is 50.4 Å². The van der Waals surface area contributed by atoms with Crippen molar-refractivity contribution in [2.24, 2.45) is 7.05 Å². The van der Waals surface area contributed by atoms with Crippen LogP contribution in [0.2, 0.25) is 0 Å². The molecule has 0 unspecified atom stereocenters. The summed E-state index contributed by atoms with van der Waals surface area (Å²) in [5.74, 6) is 1.15. The summed E-state index contributed by atoms with van der Waals surface area (Å²) in [4.78, 5) is 4.69. The highest BCUT2D eigenvalue weighted by Gasteiger charge is 2.21. The third kappa shape index (κ3) is 2.33. The Kier molecular flexibility index (Phi) is 4.12. The van der Waals surface area contributed by atoms with Gasteiger partial charge in [0, 0.05) is 16.0 Å². The van der Waals surface area contributed by atoms with Crippen LogP contribution >= 0.6 is 43.5 Å². The molecule has 7 heteroatoms. The first-order valence-corrected chi connectivity index (χ1v) is 8.64. The summed E-state index contributed by atoms with van der Waals surface area (Å²) in [5, 5.41) is 4.55. The molecule has 21 heavy (non-hydrogen) atoms. The molecule has 0 saturated carbocycles. The van der Waals surface area contributed by atoms with E-state index in [1.54, 1.807) is 0 Å². The minimum Gasteiger partial charge on any atom is -0.278 e. The molecule has 0 bridgehead atoms. The number of hydrogen-bond donors (Lipinski definition) is 0. The van der Waals surface area contributed by atoms with E-state index < -0.39 is 0 Å². The van der Waals surface area contributed by atoms with E-state index in [0.717, 1.165) is 43.7 Å². The Morgan fingerprint density at radius 3 is 2.48 bits per heavy atom. The Morgan fingerprint density at radius 2 is 1.90 bits per heavy atom. The first-order valence-electron chi connectivity index (χ1n) is 6.52. The van der Waals surface area contributed by atoms with Crippen LogP contribution in [0.4, 0.5) is 0 Å². The van der Waals surface area contributed by atoms with Gasteiger partial charge in [-0.1, -0.05) is 13.0 Å². The molecular weight excluding hydrogens is 419 g/mol. The predicted molar refractivity (Wildman–Crippen MR) is 92.2 cm³/mol. The van der Waals surface area contributed by atoms with Crippen LogP contribution in [0.15, 0.2) is 27.1 Å². The quantitative estimate of drug-likeness (QED) is 0.568. The van der Waals surface area contributed by atoms with Gasteiger partial charge in [-0.3, -0.25) is 4.57 Å². The summed E-state index contributed by atoms with van der Waals surface area (Å²) in [5.41, 5.74) is 3.84. The number of para-hydroxylation sites is 1. The minimum atomic E-state index is 0.339. The van der Waals surface area contributed by atoms with Gasteiger partial charge in [0.25, 0.3) is 0 Å². The molecule has 0 aliphatic carbocycles. The third-order valence-corrected chi connectivity index (χ3v) is 4.91. The second kappa shape index (κ2) is 5.74. The van der Waals surface area contributed by atoms with Crippen LogP contribution in [0, 0.1) is 0 Å². The number of halogens is 3. The smallest absolute Gasteiger partial charge is 0.163 e. The highest BCUT2D eigenvalue weighted by molar-refractivity contribution is 9.11. The second-order valence-corrected chi connectivity index (χ2v) is 6.64. The number of imidazole rings is 1. The van der Waals surface area contributed by atoms with E-state index in [9.17, 15) is 0 Å². The van der Waals surface area contributed by atoms with Crippen molar-refractivity contribution in [1.82, 2.24) is 19.3 Å². The van der Waals surface area contributed by atoms with Crippen molar-refractivity contribution in [3.05, 3.63) is 38.7 Å². The lowest BCUT2D eigenvalue weighted by molar-refractivity contribution is 0.744. The molecule has 110 valence electrons. The summed E-state index contributed by atoms with van der Waals surface area (Å²) in [7, 11) is 1.93. The van der Waals surface area contributed by atoms with Crippen LogP contribution in [-0.4, -0.2) is 19.3 Å². The van der Waals surface area contributed by atoms with Crippen molar-refractivity contribution in [3.63, 3.8) is 0 Å². The summed E-state index contributed by atoms with van der Waals surface area (Å²) >= 11 is 13.3. The van der Waals surface area contributed by atoms with Gasteiger partial charge in [0.15, 0.2) is 5.65 Å². The number of aryl methyl sites for hydroxylation is 2. The topological polar surface area (TPSA) is 35.6 Å². The zero-order valence-corrected chi connectivity index (χ0v) is 15.5. The molecule has 2 aromatic heterocycles. The van der Waals surface area contributed by atoms with Crippen LogP contribution in [0.25, 0.3) is 16.9 Å². The number of benzene rings is 1. The summed E-state index contributed by atoms with van der Waals surface area (Å²) < 4.78 is 5.87. The fourth-order valence-corrected chi connectivity index (χ4v) is 4.02. The molecule has 0 aliphatic rings. The lowest BCUT2D eigenvalue weighted by Gasteiger charge is -2.12. The van der Waals surface area contributed by atoms with E-state index in [1.807, 2.05) is 29.9 Å². The number of alkyl halides is 1. The number of rotatable bonds is 3. The predicted octanol–water partition coefficient (Wildman–Crippen LogP) is 4.59. The van der Waals surface area contributed by atoms with Gasteiger partial charge in [0.2, 0.25) is 0 Å². The van der Waals surface area contributed by atoms with Crippen molar-refractivity contribution in [1.29, 1.82) is 0 Å². The van der Waals surface area contributed by atoms with Crippen molar-refractivity contribution in [3.8, 4) is 5.69 Å². The zero-order valence-electron chi connectivity index (χ0n) is 11.6. The highest BCUT2D eigenvalue weighted by atomic mass is 79.9. The van der Waals surface area contributed by atoms with Gasteiger partial charge >= 0.3 is 0 Å². The Morgan fingerprint density at radius 1 is 1.24 bits per heavy atom. The van der Waals surface area contributed by atoms with Gasteiger partial charge in [0.1, 0.15) is 11.3 Å². The van der Waals surface area contributed by atoms with Gasteiger partial charge in [-0.15, -0.1) is 11.6 Å². The minimum absolute atomic E-state index is 0.339. The van der Waals surface area contributed by atoms with E-state index in [-0.39, 0.29) is 0 Å². The molecule has 4 nitrogen and oxygen atoms in total. The van der Waals surface area contributed by atoms with E-state index in [0.29, 0.717) is 5.88 Å². The van der Waals surface area contributed by atoms with E-state index in [4.69, 9.17) is 11.6 Å². The second-order valence-electron chi connectivity index (χ2n) is 4.66. The maximum Gasteiger partial charge on any atom is 0.163 e. The summed E-state index contributed by atoms with van der Waals surface area (Å²) in [6.07, 6.45) is 0.840. The Bertz CT molecular complexity index is 802. The molecular formula is C14H13Br2ClN4. The number of nitrogens with zero attached hydrogens (tertiary/aromatic N) is 4. The molecule has 3 aromatic rings. The molecule has 0 atom stereocenters. The molecule has 0 aliphatic heterocycles. The Labute approximate surface area is 144 Å². The fourth-order valence-electron chi connectivity index (χ4n) is 2.49. The van der Waals surface area contributed by atoms with Gasteiger partial charge in [-0.2, -0.15) is 5.10 Å². The maximum atomic E-state index is 6.12. The van der Waals surface area contributed by atoms with E-state index in [1.165, 1.54) is 0 Å². The highest BCUT2D eigenvalue weighted by Crippen LogP contribution is 2.34. The standard InChI is InChI=1S/C14H13Br2ClN4/c1-3-10-12-14(20(2)19-10)21(11(7-17)18-12)13-8(15)5-4-6-9(13)16/h4-6H,3,7H2,1-2H3. The average molecular weight is 433 g/mol. The fraction of sp³-hybridized carbons (Fsp3) is 0.286. The van der Waals surface area contributed by atoms with Crippen LogP contribution < -0.4 is 0 Å². The summed E-state index contributed by atoms with van der Waals surface area (Å²) in [6.45, 7) is 2.08. The first-order chi connectivity index (χ1) is 10.1. The Hall–Kier alpha value is -0.850. The van der Waals surface area contributed by atoms with Crippen molar-refractivity contribution >= 4 is 54.6 Å². The van der Waals surface area contributed by atoms with Crippen LogP contribution in [0.3, 0.4) is 0 Å². The normalized spacial score (nSPS) is 11.5. The van der Waals surface area contributed by atoms with Gasteiger partial charge < -0.3 is 0 Å². The molecule has 3 rings (SSSR count). The monoisotopic (exact) mass is 430 g/mol. The molecule has 0 spiro atoms. The SMILES string of the molecule is CCc1nn(C)c2c1nc(CCl)n2-c1c(Br)cccc1Br. The average Bonchev–Trinajstić information content (AvgIpc) is 2.97. The van der Waals surface area contributed by atoms with E-state index >= 15 is 0 Å². The molecule has 0 N–H and O–H groups in total. The van der Waals surface area contributed by atoms with Crippen LogP contribution in [0.1, 0.15) is 18.4 Å². The molecule has 2 heterocycles. The van der Waals surface area contributed by atoms with E-state index in [2.05, 4.69) is 53.4 Å². The van der Waals surface area contributed by atoms with Crippen LogP contribution in [-0.2, 0) is 19.3 Å². The molecule has 0 amide bonds. The number of hydrogen-bond acceptors (Lipinski definition) is 2. The van der Waals surface area contributed by atoms with Gasteiger partial charge in [0.05, 0.1) is 17.3 Å². The third-order valence-electron chi connectivity index (χ3n) is 3.39. The largest absolute Gasteiger partial charge is 0.278 e. The number of fused-ring (bicyclic) bond motifs is 1. The lowest BCUT2D eigenvalue weighted by Crippen LogP contribution is -2.05. The maximum absolute atomic E-state index is 6.12. The molecule has 0 radical (unpaired) electrons. The molecule has 1 aromatic carbocycles. The zero-order chi connectivity index (χ0) is 15.1. The summed E-state index contributed by atoms with van der Waals surface area (Å²) in [6, 6.07) is 5.98. The first kappa shape index (κ1) is 15.1. The molecule has 0 saturated heterocycles. The van der Waals surface area contributed by atoms with Crippen molar-refractivity contribution in [2.45, 2.75) is 19.2 Å².